The van der Waals surface area contributed by atoms with Gasteiger partial charge in [-0.2, -0.15) is 0 Å². The van der Waals surface area contributed by atoms with E-state index in [0.29, 0.717) is 6.54 Å². The summed E-state index contributed by atoms with van der Waals surface area (Å²) in [6, 6.07) is 1.69. The van der Waals surface area contributed by atoms with E-state index in [4.69, 9.17) is 0 Å². The van der Waals surface area contributed by atoms with Gasteiger partial charge in [-0.1, -0.05) is 6.08 Å². The molecule has 0 radical (unpaired) electrons. The minimum absolute atomic E-state index is 0.107. The molecule has 1 atom stereocenters. The first-order chi connectivity index (χ1) is 7.16. The van der Waals surface area contributed by atoms with E-state index in [-0.39, 0.29) is 11.8 Å². The summed E-state index contributed by atoms with van der Waals surface area (Å²) in [5.41, 5.74) is 0.850. The second-order valence-electron chi connectivity index (χ2n) is 3.35. The van der Waals surface area contributed by atoms with Crippen LogP contribution in [-0.2, 0) is 16.4 Å². The minimum atomic E-state index is -2.98. The maximum absolute atomic E-state index is 11.1. The van der Waals surface area contributed by atoms with Gasteiger partial charge < -0.3 is 5.32 Å². The zero-order chi connectivity index (χ0) is 10.7. The van der Waals surface area contributed by atoms with E-state index in [0.717, 1.165) is 5.69 Å². The zero-order valence-electron chi connectivity index (χ0n) is 8.00. The summed E-state index contributed by atoms with van der Waals surface area (Å²) in [5.74, 6) is 0.137. The molecular formula is C9H11N3O2S. The Morgan fingerprint density at radius 2 is 2.40 bits per heavy atom. The molecule has 1 unspecified atom stereocenters. The Morgan fingerprint density at radius 3 is 3.00 bits per heavy atom. The van der Waals surface area contributed by atoms with E-state index >= 15 is 0 Å². The van der Waals surface area contributed by atoms with Gasteiger partial charge >= 0.3 is 0 Å². The van der Waals surface area contributed by atoms with E-state index in [9.17, 15) is 8.42 Å². The summed E-state index contributed by atoms with van der Waals surface area (Å²) in [6.07, 6.45) is 4.79. The predicted octanol–water partition coefficient (Wildman–Crippen LogP) is -0.123. The number of rotatable bonds is 3. The third-order valence-corrected chi connectivity index (χ3v) is 3.51. The topological polar surface area (TPSA) is 72.0 Å². The minimum Gasteiger partial charge on any atom is -0.304 e. The SMILES string of the molecule is O=S1(=O)C=CC(NCc2ccncn2)C1. The molecule has 0 saturated carbocycles. The van der Waals surface area contributed by atoms with Crippen molar-refractivity contribution in [2.75, 3.05) is 5.75 Å². The monoisotopic (exact) mass is 225 g/mol. The third kappa shape index (κ3) is 2.84. The van der Waals surface area contributed by atoms with Gasteiger partial charge in [0.25, 0.3) is 0 Å². The van der Waals surface area contributed by atoms with Crippen LogP contribution in [-0.4, -0.2) is 30.2 Å². The fourth-order valence-electron chi connectivity index (χ4n) is 1.36. The molecular weight excluding hydrogens is 214 g/mol. The quantitative estimate of drug-likeness (QED) is 0.776. The van der Waals surface area contributed by atoms with Gasteiger partial charge in [0.05, 0.1) is 11.4 Å². The Morgan fingerprint density at radius 1 is 1.53 bits per heavy atom. The van der Waals surface area contributed by atoms with Gasteiger partial charge in [-0.25, -0.2) is 18.4 Å². The normalized spacial score (nSPS) is 23.1. The van der Waals surface area contributed by atoms with Gasteiger partial charge in [-0.3, -0.25) is 0 Å². The Hall–Kier alpha value is -1.27. The zero-order valence-corrected chi connectivity index (χ0v) is 8.81. The number of nitrogens with zero attached hydrogens (tertiary/aromatic N) is 2. The molecule has 1 aliphatic heterocycles. The smallest absolute Gasteiger partial charge is 0.173 e. The van der Waals surface area contributed by atoms with E-state index in [1.54, 1.807) is 18.3 Å². The first-order valence-electron chi connectivity index (χ1n) is 4.55. The van der Waals surface area contributed by atoms with Gasteiger partial charge in [0.15, 0.2) is 9.84 Å². The summed E-state index contributed by atoms with van der Waals surface area (Å²) in [4.78, 5) is 7.83. The summed E-state index contributed by atoms with van der Waals surface area (Å²) in [7, 11) is -2.98. The molecule has 2 rings (SSSR count). The summed E-state index contributed by atoms with van der Waals surface area (Å²) < 4.78 is 22.2. The van der Waals surface area contributed by atoms with Crippen LogP contribution in [0.5, 0.6) is 0 Å². The van der Waals surface area contributed by atoms with Gasteiger partial charge in [0.1, 0.15) is 6.33 Å². The lowest BCUT2D eigenvalue weighted by molar-refractivity contribution is 0.588. The molecule has 0 aromatic carbocycles. The Bertz CT molecular complexity index is 456. The molecule has 5 nitrogen and oxygen atoms in total. The Kier molecular flexibility index (Phi) is 2.79. The average Bonchev–Trinajstić information content (AvgIpc) is 2.57. The van der Waals surface area contributed by atoms with Crippen LogP contribution in [0.2, 0.25) is 0 Å². The molecule has 0 spiro atoms. The van der Waals surface area contributed by atoms with Crippen LogP contribution in [0.15, 0.2) is 30.1 Å². The molecule has 2 heterocycles. The van der Waals surface area contributed by atoms with Gasteiger partial charge in [-0.05, 0) is 6.07 Å². The van der Waals surface area contributed by atoms with Crippen molar-refractivity contribution in [3.8, 4) is 0 Å². The van der Waals surface area contributed by atoms with Crippen LogP contribution < -0.4 is 5.32 Å². The van der Waals surface area contributed by atoms with Crippen molar-refractivity contribution < 1.29 is 8.42 Å². The van der Waals surface area contributed by atoms with Crippen molar-refractivity contribution in [2.24, 2.45) is 0 Å². The van der Waals surface area contributed by atoms with Crippen molar-refractivity contribution in [1.29, 1.82) is 0 Å². The molecule has 1 aliphatic rings. The van der Waals surface area contributed by atoms with Crippen molar-refractivity contribution in [3.63, 3.8) is 0 Å². The summed E-state index contributed by atoms with van der Waals surface area (Å²) in [5, 5.41) is 4.35. The van der Waals surface area contributed by atoms with Crippen molar-refractivity contribution in [2.45, 2.75) is 12.6 Å². The fourth-order valence-corrected chi connectivity index (χ4v) is 2.63. The molecule has 6 heteroatoms. The first-order valence-corrected chi connectivity index (χ1v) is 6.26. The number of hydrogen-bond donors (Lipinski definition) is 1. The van der Waals surface area contributed by atoms with Crippen molar-refractivity contribution in [3.05, 3.63) is 35.8 Å². The van der Waals surface area contributed by atoms with Crippen LogP contribution >= 0.6 is 0 Å². The molecule has 0 fully saturated rings. The van der Waals surface area contributed by atoms with Crippen LogP contribution in [0.25, 0.3) is 0 Å². The molecule has 0 saturated heterocycles. The average molecular weight is 225 g/mol. The first kappa shape index (κ1) is 10.3. The van der Waals surface area contributed by atoms with Gasteiger partial charge in [0, 0.05) is 24.2 Å². The lowest BCUT2D eigenvalue weighted by Gasteiger charge is -2.08. The van der Waals surface area contributed by atoms with E-state index in [1.165, 1.54) is 11.7 Å². The molecule has 1 aromatic heterocycles. The Labute approximate surface area is 88.2 Å². The van der Waals surface area contributed by atoms with Crippen molar-refractivity contribution >= 4 is 9.84 Å². The van der Waals surface area contributed by atoms with Crippen LogP contribution in [0.4, 0.5) is 0 Å². The predicted molar refractivity (Wildman–Crippen MR) is 55.6 cm³/mol. The molecule has 0 aliphatic carbocycles. The highest BCUT2D eigenvalue weighted by atomic mass is 32.2. The third-order valence-electron chi connectivity index (χ3n) is 2.12. The molecule has 80 valence electrons. The lowest BCUT2D eigenvalue weighted by atomic mass is 10.3. The standard InChI is InChI=1S/C9H11N3O2S/c13-15(14)4-2-9(6-15)11-5-8-1-3-10-7-12-8/h1-4,7,9,11H,5-6H2. The molecule has 1 aromatic rings. The van der Waals surface area contributed by atoms with Crippen LogP contribution in [0.3, 0.4) is 0 Å². The van der Waals surface area contributed by atoms with E-state index in [1.807, 2.05) is 0 Å². The Balaban J connectivity index is 1.89. The highest BCUT2D eigenvalue weighted by Gasteiger charge is 2.20. The van der Waals surface area contributed by atoms with Crippen LogP contribution in [0, 0.1) is 0 Å². The second kappa shape index (κ2) is 4.08. The highest BCUT2D eigenvalue weighted by Crippen LogP contribution is 2.08. The van der Waals surface area contributed by atoms with Gasteiger partial charge in [-0.15, -0.1) is 0 Å². The maximum atomic E-state index is 11.1. The van der Waals surface area contributed by atoms with Crippen molar-refractivity contribution in [1.82, 2.24) is 15.3 Å². The molecule has 0 amide bonds. The van der Waals surface area contributed by atoms with E-state index < -0.39 is 9.84 Å². The second-order valence-corrected chi connectivity index (χ2v) is 5.28. The molecule has 1 N–H and O–H groups in total. The largest absolute Gasteiger partial charge is 0.304 e. The number of aromatic nitrogens is 2. The number of hydrogen-bond acceptors (Lipinski definition) is 5. The highest BCUT2D eigenvalue weighted by molar-refractivity contribution is 7.94. The van der Waals surface area contributed by atoms with Crippen LogP contribution in [0.1, 0.15) is 5.69 Å². The number of sulfone groups is 1. The maximum Gasteiger partial charge on any atom is 0.173 e. The number of nitrogens with one attached hydrogen (secondary N) is 1. The fraction of sp³-hybridized carbons (Fsp3) is 0.333. The molecule has 0 bridgehead atoms. The lowest BCUT2D eigenvalue weighted by Crippen LogP contribution is -2.29. The molecule has 15 heavy (non-hydrogen) atoms. The van der Waals surface area contributed by atoms with E-state index in [2.05, 4.69) is 15.3 Å². The summed E-state index contributed by atoms with van der Waals surface area (Å²) >= 11 is 0. The summed E-state index contributed by atoms with van der Waals surface area (Å²) in [6.45, 7) is 0.549. The van der Waals surface area contributed by atoms with Gasteiger partial charge in [0.2, 0.25) is 0 Å².